The second-order valence-electron chi connectivity index (χ2n) is 11.5. The van der Waals surface area contributed by atoms with Crippen molar-refractivity contribution < 1.29 is 61.4 Å². The van der Waals surface area contributed by atoms with Crippen LogP contribution in [0.15, 0.2) is 36.4 Å². The number of rotatable bonds is 5. The van der Waals surface area contributed by atoms with Crippen LogP contribution in [-0.2, 0) is 31.8 Å². The van der Waals surface area contributed by atoms with E-state index in [0.29, 0.717) is 23.7 Å². The second-order valence-corrected chi connectivity index (χ2v) is 13.0. The molecule has 0 aliphatic carbocycles. The summed E-state index contributed by atoms with van der Waals surface area (Å²) in [7, 11) is -6.57. The van der Waals surface area contributed by atoms with Gasteiger partial charge in [-0.1, -0.05) is 45.9 Å². The Morgan fingerprint density at radius 2 is 1.09 bits per heavy atom. The molecule has 16 heteroatoms. The van der Waals surface area contributed by atoms with Crippen molar-refractivity contribution in [2.45, 2.75) is 96.3 Å². The van der Waals surface area contributed by atoms with Gasteiger partial charge in [0.1, 0.15) is 5.75 Å². The van der Waals surface area contributed by atoms with E-state index in [1.807, 2.05) is 27.7 Å². The maximum atomic E-state index is 13.1. The lowest BCUT2D eigenvalue weighted by molar-refractivity contribution is -0.139. The number of hydrogen-bond donors (Lipinski definition) is 0. The minimum atomic E-state index is -5.92. The molecule has 0 radical (unpaired) electrons. The number of hydrogen-bond acceptors (Lipinski definition) is 5. The van der Waals surface area contributed by atoms with E-state index < -0.39 is 69.1 Å². The van der Waals surface area contributed by atoms with Gasteiger partial charge in [-0.25, -0.2) is 0 Å². The molecule has 0 unspecified atom stereocenters. The van der Waals surface area contributed by atoms with Crippen LogP contribution in [0, 0.1) is 0 Å². The quantitative estimate of drug-likeness (QED) is 0.141. The molecule has 1 heterocycles. The van der Waals surface area contributed by atoms with Gasteiger partial charge in [0.15, 0.2) is 0 Å². The molecule has 1 aliphatic heterocycles. The van der Waals surface area contributed by atoms with Crippen LogP contribution < -0.4 is 9.65 Å². The van der Waals surface area contributed by atoms with Crippen LogP contribution in [0.5, 0.6) is 5.75 Å². The molecule has 1 fully saturated rings. The number of alkyl halides is 9. The van der Waals surface area contributed by atoms with Crippen LogP contribution in [-0.4, -0.2) is 32.2 Å². The fourth-order valence-corrected chi connectivity index (χ4v) is 4.40. The zero-order valence-electron chi connectivity index (χ0n) is 24.5. The normalized spacial score (nSPS) is 17.2. The summed E-state index contributed by atoms with van der Waals surface area (Å²) in [6, 6.07) is 5.76. The van der Waals surface area contributed by atoms with Crippen LogP contribution in [0.4, 0.5) is 39.5 Å². The smallest absolute Gasteiger partial charge is 0.399 e. The molecule has 0 bridgehead atoms. The number of halogens is 9. The Morgan fingerprint density at radius 3 is 1.47 bits per heavy atom. The van der Waals surface area contributed by atoms with E-state index >= 15 is 0 Å². The lowest BCUT2D eigenvalue weighted by atomic mass is 9.76. The van der Waals surface area contributed by atoms with Gasteiger partial charge in [-0.15, -0.1) is 0 Å². The first-order valence-corrected chi connectivity index (χ1v) is 14.3. The molecular weight excluding hydrogens is 618 g/mol. The Kier molecular flexibility index (Phi) is 10.4. The molecule has 0 amide bonds. The zero-order valence-corrected chi connectivity index (χ0v) is 25.4. The van der Waals surface area contributed by atoms with Crippen LogP contribution in [0.1, 0.15) is 89.5 Å². The summed E-state index contributed by atoms with van der Waals surface area (Å²) in [6.45, 7) is 13.9. The van der Waals surface area contributed by atoms with E-state index in [4.69, 9.17) is 9.31 Å². The third-order valence-electron chi connectivity index (χ3n) is 6.97. The third-order valence-corrected chi connectivity index (χ3v) is 7.95. The molecule has 1 saturated heterocycles. The van der Waals surface area contributed by atoms with Crippen molar-refractivity contribution >= 4 is 22.7 Å². The highest BCUT2D eigenvalue weighted by Crippen LogP contribution is 2.39. The van der Waals surface area contributed by atoms with Gasteiger partial charge < -0.3 is 13.5 Å². The van der Waals surface area contributed by atoms with Crippen LogP contribution in [0.25, 0.3) is 0 Å². The molecule has 0 atom stereocenters. The predicted molar refractivity (Wildman–Crippen MR) is 142 cm³/mol. The summed E-state index contributed by atoms with van der Waals surface area (Å²) < 4.78 is 151. The molecule has 1 aliphatic rings. The summed E-state index contributed by atoms with van der Waals surface area (Å²) in [4.78, 5) is 0. The van der Waals surface area contributed by atoms with Gasteiger partial charge in [0, 0.05) is 0 Å². The second kappa shape index (κ2) is 12.1. The van der Waals surface area contributed by atoms with Gasteiger partial charge in [-0.2, -0.15) is 47.9 Å². The zero-order chi connectivity index (χ0) is 33.6. The van der Waals surface area contributed by atoms with Crippen molar-refractivity contribution in [3.05, 3.63) is 58.7 Å². The van der Waals surface area contributed by atoms with Crippen molar-refractivity contribution in [1.82, 2.24) is 0 Å². The highest BCUT2D eigenvalue weighted by Gasteiger charge is 2.52. The molecule has 0 N–H and O–H groups in total. The first-order valence-electron chi connectivity index (χ1n) is 12.9. The van der Waals surface area contributed by atoms with Gasteiger partial charge in [0.2, 0.25) is 0 Å². The van der Waals surface area contributed by atoms with E-state index in [2.05, 4.69) is 4.18 Å². The highest BCUT2D eigenvalue weighted by molar-refractivity contribution is 7.88. The Labute approximate surface area is 245 Å². The molecule has 2 aromatic carbocycles. The Hall–Kier alpha value is -2.46. The van der Waals surface area contributed by atoms with Gasteiger partial charge in [0.25, 0.3) is 0 Å². The minimum Gasteiger partial charge on any atom is -0.399 e. The summed E-state index contributed by atoms with van der Waals surface area (Å²) in [5, 5.41) is 0. The van der Waals surface area contributed by atoms with Gasteiger partial charge in [-0.3, -0.25) is 0 Å². The first kappa shape index (κ1) is 36.7. The van der Waals surface area contributed by atoms with Crippen LogP contribution in [0.3, 0.4) is 0 Å². The Morgan fingerprint density at radius 1 is 0.698 bits per heavy atom. The molecule has 0 saturated carbocycles. The van der Waals surface area contributed by atoms with Crippen molar-refractivity contribution in [2.24, 2.45) is 0 Å². The summed E-state index contributed by atoms with van der Waals surface area (Å²) in [6.07, 6.45) is -9.06. The van der Waals surface area contributed by atoms with Crippen LogP contribution in [0.2, 0.25) is 0 Å². The third kappa shape index (κ3) is 8.59. The first-order chi connectivity index (χ1) is 19.1. The fraction of sp³-hybridized carbons (Fsp3) is 0.556. The average molecular weight is 650 g/mol. The molecule has 0 spiro atoms. The molecule has 43 heavy (non-hydrogen) atoms. The Balaban J connectivity index is 0.000000301. The largest absolute Gasteiger partial charge is 0.534 e. The molecule has 5 nitrogen and oxygen atoms in total. The molecule has 3 rings (SSSR count). The summed E-state index contributed by atoms with van der Waals surface area (Å²) in [5.41, 5.74) is -7.82. The Bertz CT molecular complexity index is 1380. The van der Waals surface area contributed by atoms with Crippen molar-refractivity contribution in [3.63, 3.8) is 0 Å². The number of benzene rings is 2. The summed E-state index contributed by atoms with van der Waals surface area (Å²) in [5.74, 6) is -1.76. The topological polar surface area (TPSA) is 61.8 Å². The van der Waals surface area contributed by atoms with Crippen LogP contribution >= 0.6 is 0 Å². The van der Waals surface area contributed by atoms with Gasteiger partial charge in [0.05, 0.1) is 22.3 Å². The minimum absolute atomic E-state index is 0.237. The van der Waals surface area contributed by atoms with E-state index in [0.717, 1.165) is 6.07 Å². The molecular formula is C27H32BF9O5S. The molecule has 242 valence electrons. The van der Waals surface area contributed by atoms with Crippen molar-refractivity contribution in [3.8, 4) is 5.75 Å². The lowest BCUT2D eigenvalue weighted by Gasteiger charge is -2.32. The maximum Gasteiger partial charge on any atom is 0.534 e. The maximum absolute atomic E-state index is 13.1. The van der Waals surface area contributed by atoms with E-state index in [-0.39, 0.29) is 17.0 Å². The average Bonchev–Trinajstić information content (AvgIpc) is 3.03. The SMILES string of the molecule is CC(C)c1cc(B2OC(C)(C)C(C)(C)O2)ccc1C(F)(F)F.CC(C)c1cc(OS(=O)(=O)C(F)(F)F)ccc1C(F)(F)F. The van der Waals surface area contributed by atoms with E-state index in [9.17, 15) is 47.9 Å². The lowest BCUT2D eigenvalue weighted by Crippen LogP contribution is -2.41. The summed E-state index contributed by atoms with van der Waals surface area (Å²) >= 11 is 0. The van der Waals surface area contributed by atoms with Gasteiger partial charge >= 0.3 is 35.1 Å². The highest BCUT2D eigenvalue weighted by atomic mass is 32.2. The molecule has 2 aromatic rings. The standard InChI is InChI=1S/C16H22BF3O2.C11H10F6O3S/c1-10(2)12-9-11(7-8-13(12)16(18,19)20)17-21-14(3,4)15(5,6)22-17;1-6(2)8-5-7(3-4-9(8)10(12,13)14)20-21(18,19)11(15,16)17/h7-10H,1-6H3;3-6H,1-2H3. The molecule has 0 aromatic heterocycles. The monoisotopic (exact) mass is 650 g/mol. The van der Waals surface area contributed by atoms with E-state index in [1.165, 1.54) is 19.9 Å². The van der Waals surface area contributed by atoms with E-state index in [1.54, 1.807) is 19.9 Å². The van der Waals surface area contributed by atoms with Crippen molar-refractivity contribution in [2.75, 3.05) is 0 Å². The fourth-order valence-electron chi connectivity index (χ4n) is 3.95. The van der Waals surface area contributed by atoms with Gasteiger partial charge in [-0.05, 0) is 74.3 Å². The van der Waals surface area contributed by atoms with Crippen molar-refractivity contribution in [1.29, 1.82) is 0 Å². The predicted octanol–water partition coefficient (Wildman–Crippen LogP) is 8.19.